The number of nitrogens with one attached hydrogen (secondary N) is 1. The van der Waals surface area contributed by atoms with Crippen LogP contribution in [0.2, 0.25) is 0 Å². The van der Waals surface area contributed by atoms with Crippen LogP contribution in [0.4, 0.5) is 0 Å². The number of H-pyrrole nitrogens is 1. The van der Waals surface area contributed by atoms with Crippen LogP contribution >= 0.6 is 0 Å². The van der Waals surface area contributed by atoms with Gasteiger partial charge in [-0.3, -0.25) is 24.2 Å². The van der Waals surface area contributed by atoms with Gasteiger partial charge in [-0.1, -0.05) is 30.4 Å². The topological polar surface area (TPSA) is 142 Å². The summed E-state index contributed by atoms with van der Waals surface area (Å²) in [5, 5.41) is 11.2. The Bertz CT molecular complexity index is 2320. The largest absolute Gasteiger partial charge is 0.313 e. The van der Waals surface area contributed by atoms with E-state index in [1.54, 1.807) is 35.9 Å². The first-order chi connectivity index (χ1) is 22.2. The zero-order chi connectivity index (χ0) is 32.5. The molecular formula is C33H34N10O3. The van der Waals surface area contributed by atoms with E-state index >= 15 is 0 Å². The average Bonchev–Trinajstić information content (AvgIpc) is 3.80. The van der Waals surface area contributed by atoms with Crippen molar-refractivity contribution in [3.05, 3.63) is 106 Å². The number of aryl methyl sites for hydroxylation is 5. The molecule has 0 saturated heterocycles. The second kappa shape index (κ2) is 12.3. The molecule has 13 heteroatoms. The summed E-state index contributed by atoms with van der Waals surface area (Å²) < 4.78 is 9.14. The number of benzene rings is 2. The van der Waals surface area contributed by atoms with E-state index in [-0.39, 0.29) is 0 Å². The van der Waals surface area contributed by atoms with Gasteiger partial charge in [-0.05, 0) is 57.2 Å². The number of rotatable bonds is 8. The number of aldehydes is 1. The van der Waals surface area contributed by atoms with Crippen molar-refractivity contribution in [1.29, 1.82) is 0 Å². The number of imidazole rings is 2. The Kier molecular flexibility index (Phi) is 8.05. The number of fused-ring (bicyclic) bond motifs is 2. The molecule has 0 bridgehead atoms. The molecule has 0 aliphatic carbocycles. The minimum atomic E-state index is -0.424. The average molecular weight is 619 g/mol. The van der Waals surface area contributed by atoms with Crippen molar-refractivity contribution in [3.63, 3.8) is 0 Å². The third kappa shape index (κ3) is 5.36. The Morgan fingerprint density at radius 2 is 1.48 bits per heavy atom. The minimum absolute atomic E-state index is 0.311. The predicted molar refractivity (Wildman–Crippen MR) is 172 cm³/mol. The van der Waals surface area contributed by atoms with E-state index in [2.05, 4.69) is 25.3 Å². The SMILES string of the molecule is CCn1nc(C)cc1C(=O)/N=c1\n(C)c2cccc(C=O)c2n1C/C=C/Cn1/c(=N/C(=O)c2cc(C)n[nH]2)n(C)c2ccccc21. The van der Waals surface area contributed by atoms with Crippen molar-refractivity contribution < 1.29 is 14.4 Å². The van der Waals surface area contributed by atoms with Crippen molar-refractivity contribution in [2.24, 2.45) is 24.1 Å². The van der Waals surface area contributed by atoms with Gasteiger partial charge in [0.1, 0.15) is 11.4 Å². The Hall–Kier alpha value is -5.85. The molecule has 0 atom stereocenters. The maximum atomic E-state index is 13.4. The molecule has 6 aromatic rings. The zero-order valence-electron chi connectivity index (χ0n) is 26.3. The minimum Gasteiger partial charge on any atom is -0.313 e. The normalized spacial score (nSPS) is 12.7. The van der Waals surface area contributed by atoms with Crippen LogP contribution in [0, 0.1) is 13.8 Å². The second-order valence-corrected chi connectivity index (χ2v) is 11.0. The molecule has 0 aliphatic rings. The third-order valence-corrected chi connectivity index (χ3v) is 7.92. The van der Waals surface area contributed by atoms with Gasteiger partial charge in [-0.2, -0.15) is 20.2 Å². The lowest BCUT2D eigenvalue weighted by Gasteiger charge is -2.05. The molecule has 13 nitrogen and oxygen atoms in total. The number of carbonyl (C=O) groups is 3. The molecule has 0 unspecified atom stereocenters. The smallest absolute Gasteiger partial charge is 0.298 e. The van der Waals surface area contributed by atoms with E-state index in [0.29, 0.717) is 59.0 Å². The highest BCUT2D eigenvalue weighted by Crippen LogP contribution is 2.17. The molecule has 46 heavy (non-hydrogen) atoms. The maximum absolute atomic E-state index is 13.4. The Morgan fingerprint density at radius 1 is 0.826 bits per heavy atom. The molecule has 0 aliphatic heterocycles. The molecule has 6 rings (SSSR count). The first-order valence-electron chi connectivity index (χ1n) is 14.9. The molecule has 1 N–H and O–H groups in total. The van der Waals surface area contributed by atoms with Crippen LogP contribution in [-0.2, 0) is 33.7 Å². The second-order valence-electron chi connectivity index (χ2n) is 11.0. The lowest BCUT2D eigenvalue weighted by Crippen LogP contribution is -2.27. The number of aromatic amines is 1. The molecule has 0 saturated carbocycles. The number of nitrogens with zero attached hydrogens (tertiary/aromatic N) is 9. The summed E-state index contributed by atoms with van der Waals surface area (Å²) in [4.78, 5) is 47.5. The van der Waals surface area contributed by atoms with Crippen LogP contribution < -0.4 is 11.2 Å². The molecule has 0 fully saturated rings. The Morgan fingerprint density at radius 3 is 2.17 bits per heavy atom. The summed E-state index contributed by atoms with van der Waals surface area (Å²) in [6, 6.07) is 16.7. The van der Waals surface area contributed by atoms with Gasteiger partial charge in [-0.25, -0.2) is 0 Å². The highest BCUT2D eigenvalue weighted by Gasteiger charge is 2.17. The van der Waals surface area contributed by atoms with Crippen molar-refractivity contribution in [1.82, 2.24) is 38.2 Å². The number of hydrogen-bond donors (Lipinski definition) is 1. The Balaban J connectivity index is 1.41. The van der Waals surface area contributed by atoms with E-state index in [0.717, 1.165) is 28.5 Å². The lowest BCUT2D eigenvalue weighted by molar-refractivity contribution is 0.0980. The van der Waals surface area contributed by atoms with Gasteiger partial charge < -0.3 is 18.3 Å². The molecule has 0 radical (unpaired) electrons. The van der Waals surface area contributed by atoms with Crippen LogP contribution in [-0.4, -0.2) is 56.3 Å². The van der Waals surface area contributed by atoms with Crippen LogP contribution in [0.15, 0.2) is 76.7 Å². The molecule has 2 aromatic carbocycles. The standard InChI is InChI=1S/C33H34N10O3/c1-6-43-28(19-22(3)38-43)31(46)35-33-40(5)27-15-11-12-23(20-44)29(27)42(33)17-10-9-16-41-26-14-8-7-13-25(26)39(4)32(41)34-30(45)24-18-21(2)36-37-24/h7-15,18-20H,6,16-17H2,1-5H3,(H,36,37)/b10-9+,34-32+,35-33+. The summed E-state index contributed by atoms with van der Waals surface area (Å²) in [5.74, 6) is -0.846. The monoisotopic (exact) mass is 618 g/mol. The fraction of sp³-hybridized carbons (Fsp3) is 0.242. The fourth-order valence-electron chi connectivity index (χ4n) is 5.74. The first-order valence-corrected chi connectivity index (χ1v) is 14.9. The van der Waals surface area contributed by atoms with E-state index < -0.39 is 11.8 Å². The summed E-state index contributed by atoms with van der Waals surface area (Å²) in [6.45, 7) is 6.82. The van der Waals surface area contributed by atoms with Gasteiger partial charge in [0, 0.05) is 39.3 Å². The van der Waals surface area contributed by atoms with Crippen LogP contribution in [0.1, 0.15) is 49.6 Å². The predicted octanol–water partition coefficient (Wildman–Crippen LogP) is 3.38. The van der Waals surface area contributed by atoms with E-state index in [1.807, 2.05) is 88.7 Å². The quantitative estimate of drug-likeness (QED) is 0.206. The molecule has 4 aromatic heterocycles. The number of para-hydroxylation sites is 3. The third-order valence-electron chi connectivity index (χ3n) is 7.92. The van der Waals surface area contributed by atoms with Gasteiger partial charge in [0.15, 0.2) is 6.29 Å². The van der Waals surface area contributed by atoms with Crippen molar-refractivity contribution in [2.75, 3.05) is 0 Å². The molecular weight excluding hydrogens is 584 g/mol. The van der Waals surface area contributed by atoms with Gasteiger partial charge in [0.25, 0.3) is 11.8 Å². The first kappa shape index (κ1) is 30.2. The Labute approximate surface area is 263 Å². The number of amides is 2. The van der Waals surface area contributed by atoms with Crippen LogP contribution in [0.3, 0.4) is 0 Å². The number of hydrogen-bond acceptors (Lipinski definition) is 5. The van der Waals surface area contributed by atoms with Crippen molar-refractivity contribution >= 4 is 40.2 Å². The van der Waals surface area contributed by atoms with E-state index in [4.69, 9.17) is 0 Å². The molecule has 0 spiro atoms. The summed E-state index contributed by atoms with van der Waals surface area (Å²) in [5.41, 5.74) is 6.77. The number of carbonyl (C=O) groups excluding carboxylic acids is 3. The van der Waals surface area contributed by atoms with Crippen LogP contribution in [0.5, 0.6) is 0 Å². The molecule has 4 heterocycles. The lowest BCUT2D eigenvalue weighted by atomic mass is 10.2. The number of aromatic nitrogens is 8. The summed E-state index contributed by atoms with van der Waals surface area (Å²) in [7, 11) is 3.69. The van der Waals surface area contributed by atoms with Gasteiger partial charge in [0.2, 0.25) is 11.2 Å². The fourth-order valence-corrected chi connectivity index (χ4v) is 5.74. The summed E-state index contributed by atoms with van der Waals surface area (Å²) >= 11 is 0. The van der Waals surface area contributed by atoms with Crippen molar-refractivity contribution in [2.45, 2.75) is 40.4 Å². The molecule has 2 amide bonds. The highest BCUT2D eigenvalue weighted by atomic mass is 16.2. The van der Waals surface area contributed by atoms with Gasteiger partial charge in [0.05, 0.1) is 33.5 Å². The summed E-state index contributed by atoms with van der Waals surface area (Å²) in [6.07, 6.45) is 4.72. The zero-order valence-corrected chi connectivity index (χ0v) is 26.3. The highest BCUT2D eigenvalue weighted by molar-refractivity contribution is 5.96. The molecule has 234 valence electrons. The maximum Gasteiger partial charge on any atom is 0.298 e. The van der Waals surface area contributed by atoms with Gasteiger partial charge >= 0.3 is 0 Å². The van der Waals surface area contributed by atoms with Crippen LogP contribution in [0.25, 0.3) is 22.1 Å². The van der Waals surface area contributed by atoms with Crippen molar-refractivity contribution in [3.8, 4) is 0 Å². The van der Waals surface area contributed by atoms with E-state index in [9.17, 15) is 14.4 Å². The number of allylic oxidation sites excluding steroid dienone is 2. The van der Waals surface area contributed by atoms with Gasteiger partial charge in [-0.15, -0.1) is 0 Å². The van der Waals surface area contributed by atoms with E-state index in [1.165, 1.54) is 0 Å².